The van der Waals surface area contributed by atoms with E-state index < -0.39 is 5.97 Å². The minimum absolute atomic E-state index is 0.124. The minimum Gasteiger partial charge on any atom is -0.497 e. The Balaban J connectivity index is 1.67. The summed E-state index contributed by atoms with van der Waals surface area (Å²) in [4.78, 5) is 16.7. The molecular formula is C17H15NO4S2. The highest BCUT2D eigenvalue weighted by Gasteiger charge is 2.13. The Kier molecular flexibility index (Phi) is 5.12. The van der Waals surface area contributed by atoms with Crippen molar-refractivity contribution in [2.75, 3.05) is 14.2 Å². The van der Waals surface area contributed by atoms with Crippen LogP contribution in [0.25, 0.3) is 10.6 Å². The molecule has 0 saturated carbocycles. The first kappa shape index (κ1) is 16.5. The Hall–Kier alpha value is -2.38. The number of thiazole rings is 1. The number of carbonyl (C=O) groups excluding carboxylic acids is 1. The van der Waals surface area contributed by atoms with E-state index in [1.807, 2.05) is 22.2 Å². The van der Waals surface area contributed by atoms with Gasteiger partial charge in [-0.25, -0.2) is 9.78 Å². The molecule has 0 fully saturated rings. The van der Waals surface area contributed by atoms with Crippen LogP contribution in [0.4, 0.5) is 0 Å². The molecule has 3 aromatic rings. The van der Waals surface area contributed by atoms with Gasteiger partial charge in [0.15, 0.2) is 0 Å². The molecular weight excluding hydrogens is 346 g/mol. The second-order valence-electron chi connectivity index (χ2n) is 4.83. The molecule has 0 amide bonds. The standard InChI is InChI=1S/C17H15NO4S2/c1-20-14-5-12(6-15(7-14)21-2)17(19)22-8-13-10-24-16(18-13)11-3-4-23-9-11/h3-7,9-10H,8H2,1-2H3. The van der Waals surface area contributed by atoms with Crippen LogP contribution in [-0.4, -0.2) is 25.2 Å². The summed E-state index contributed by atoms with van der Waals surface area (Å²) in [6.45, 7) is 0.124. The van der Waals surface area contributed by atoms with E-state index in [1.165, 1.54) is 25.6 Å². The number of benzene rings is 1. The van der Waals surface area contributed by atoms with Gasteiger partial charge in [0.25, 0.3) is 0 Å². The fourth-order valence-electron chi connectivity index (χ4n) is 2.04. The van der Waals surface area contributed by atoms with Crippen LogP contribution in [0.15, 0.2) is 40.4 Å². The van der Waals surface area contributed by atoms with Gasteiger partial charge < -0.3 is 14.2 Å². The molecule has 7 heteroatoms. The summed E-state index contributed by atoms with van der Waals surface area (Å²) < 4.78 is 15.7. The third kappa shape index (κ3) is 3.74. The number of carbonyl (C=O) groups is 1. The van der Waals surface area contributed by atoms with Crippen molar-refractivity contribution >= 4 is 28.6 Å². The smallest absolute Gasteiger partial charge is 0.338 e. The van der Waals surface area contributed by atoms with Crippen LogP contribution in [0.2, 0.25) is 0 Å². The number of aromatic nitrogens is 1. The van der Waals surface area contributed by atoms with Crippen LogP contribution >= 0.6 is 22.7 Å². The summed E-state index contributed by atoms with van der Waals surface area (Å²) in [6.07, 6.45) is 0. The summed E-state index contributed by atoms with van der Waals surface area (Å²) in [5, 5.41) is 6.86. The van der Waals surface area contributed by atoms with E-state index in [-0.39, 0.29) is 6.61 Å². The Morgan fingerprint density at radius 2 is 1.88 bits per heavy atom. The van der Waals surface area contributed by atoms with Crippen molar-refractivity contribution in [1.29, 1.82) is 0 Å². The molecule has 5 nitrogen and oxygen atoms in total. The molecule has 0 spiro atoms. The van der Waals surface area contributed by atoms with Gasteiger partial charge in [-0.05, 0) is 23.6 Å². The van der Waals surface area contributed by atoms with E-state index >= 15 is 0 Å². The van der Waals surface area contributed by atoms with Gasteiger partial charge in [-0.3, -0.25) is 0 Å². The van der Waals surface area contributed by atoms with Crippen LogP contribution in [0.1, 0.15) is 16.1 Å². The van der Waals surface area contributed by atoms with Crippen molar-refractivity contribution < 1.29 is 19.0 Å². The highest BCUT2D eigenvalue weighted by molar-refractivity contribution is 7.14. The van der Waals surface area contributed by atoms with Gasteiger partial charge in [0, 0.05) is 22.4 Å². The summed E-state index contributed by atoms with van der Waals surface area (Å²) in [6, 6.07) is 6.94. The van der Waals surface area contributed by atoms with Gasteiger partial charge in [0.1, 0.15) is 23.1 Å². The maximum absolute atomic E-state index is 12.2. The third-order valence-electron chi connectivity index (χ3n) is 3.26. The molecule has 0 bridgehead atoms. The fraction of sp³-hybridized carbons (Fsp3) is 0.176. The number of methoxy groups -OCH3 is 2. The monoisotopic (exact) mass is 361 g/mol. The average Bonchev–Trinajstić information content (AvgIpc) is 3.30. The molecule has 0 saturated heterocycles. The molecule has 2 heterocycles. The molecule has 1 aromatic carbocycles. The Bertz CT molecular complexity index is 805. The molecule has 3 rings (SSSR count). The first-order chi connectivity index (χ1) is 11.7. The zero-order valence-electron chi connectivity index (χ0n) is 13.1. The van der Waals surface area contributed by atoms with E-state index in [0.29, 0.717) is 17.1 Å². The molecule has 0 unspecified atom stereocenters. The second kappa shape index (κ2) is 7.46. The molecule has 2 aromatic heterocycles. The highest BCUT2D eigenvalue weighted by atomic mass is 32.1. The number of thiophene rings is 1. The lowest BCUT2D eigenvalue weighted by atomic mass is 10.2. The fourth-order valence-corrected chi connectivity index (χ4v) is 3.56. The minimum atomic E-state index is -0.447. The summed E-state index contributed by atoms with van der Waals surface area (Å²) >= 11 is 3.15. The van der Waals surface area contributed by atoms with Crippen molar-refractivity contribution in [3.05, 3.63) is 51.7 Å². The van der Waals surface area contributed by atoms with Gasteiger partial charge in [0.05, 0.1) is 25.5 Å². The van der Waals surface area contributed by atoms with E-state index in [1.54, 1.807) is 29.5 Å². The maximum atomic E-state index is 12.2. The van der Waals surface area contributed by atoms with Crippen LogP contribution in [0.3, 0.4) is 0 Å². The van der Waals surface area contributed by atoms with E-state index in [0.717, 1.165) is 16.3 Å². The average molecular weight is 361 g/mol. The first-order valence-electron chi connectivity index (χ1n) is 7.07. The van der Waals surface area contributed by atoms with Gasteiger partial charge >= 0.3 is 5.97 Å². The number of esters is 1. The molecule has 0 atom stereocenters. The van der Waals surface area contributed by atoms with Crippen molar-refractivity contribution in [1.82, 2.24) is 4.98 Å². The zero-order chi connectivity index (χ0) is 16.9. The SMILES string of the molecule is COc1cc(OC)cc(C(=O)OCc2csc(-c3ccsc3)n2)c1. The summed E-state index contributed by atoms with van der Waals surface area (Å²) in [7, 11) is 3.07. The predicted octanol–water partition coefficient (Wildman–Crippen LogP) is 4.25. The van der Waals surface area contributed by atoms with Gasteiger partial charge in [-0.1, -0.05) is 0 Å². The van der Waals surface area contributed by atoms with Gasteiger partial charge in [-0.2, -0.15) is 11.3 Å². The van der Waals surface area contributed by atoms with Crippen molar-refractivity contribution in [2.45, 2.75) is 6.61 Å². The molecule has 0 aliphatic heterocycles. The molecule has 0 aliphatic rings. The number of rotatable bonds is 6. The molecule has 0 N–H and O–H groups in total. The van der Waals surface area contributed by atoms with E-state index in [4.69, 9.17) is 14.2 Å². The van der Waals surface area contributed by atoms with E-state index in [9.17, 15) is 4.79 Å². The van der Waals surface area contributed by atoms with Crippen molar-refractivity contribution in [3.8, 4) is 22.1 Å². The summed E-state index contributed by atoms with van der Waals surface area (Å²) in [5.74, 6) is 0.627. The number of nitrogens with zero attached hydrogens (tertiary/aromatic N) is 1. The second-order valence-corrected chi connectivity index (χ2v) is 6.47. The Morgan fingerprint density at radius 1 is 1.12 bits per heavy atom. The van der Waals surface area contributed by atoms with Crippen molar-refractivity contribution in [2.24, 2.45) is 0 Å². The van der Waals surface area contributed by atoms with Gasteiger partial charge in [-0.15, -0.1) is 11.3 Å². The molecule has 0 aliphatic carbocycles. The van der Waals surface area contributed by atoms with E-state index in [2.05, 4.69) is 4.98 Å². The number of hydrogen-bond donors (Lipinski definition) is 0. The molecule has 0 radical (unpaired) electrons. The molecule has 124 valence electrons. The lowest BCUT2D eigenvalue weighted by Gasteiger charge is -2.08. The summed E-state index contributed by atoms with van der Waals surface area (Å²) in [5.41, 5.74) is 2.18. The predicted molar refractivity (Wildman–Crippen MR) is 94.1 cm³/mol. The number of ether oxygens (including phenoxy) is 3. The molecule has 24 heavy (non-hydrogen) atoms. The van der Waals surface area contributed by atoms with Crippen LogP contribution in [0.5, 0.6) is 11.5 Å². The topological polar surface area (TPSA) is 57.7 Å². The lowest BCUT2D eigenvalue weighted by molar-refractivity contribution is 0.0467. The quantitative estimate of drug-likeness (QED) is 0.615. The maximum Gasteiger partial charge on any atom is 0.338 e. The van der Waals surface area contributed by atoms with Gasteiger partial charge in [0.2, 0.25) is 0 Å². The van der Waals surface area contributed by atoms with Crippen LogP contribution in [-0.2, 0) is 11.3 Å². The normalized spacial score (nSPS) is 10.4. The Labute approximate surface area is 147 Å². The third-order valence-corrected chi connectivity index (χ3v) is 4.88. The Morgan fingerprint density at radius 3 is 2.50 bits per heavy atom. The number of hydrogen-bond acceptors (Lipinski definition) is 7. The van der Waals surface area contributed by atoms with Crippen LogP contribution < -0.4 is 9.47 Å². The van der Waals surface area contributed by atoms with Crippen molar-refractivity contribution in [3.63, 3.8) is 0 Å². The first-order valence-corrected chi connectivity index (χ1v) is 8.89. The van der Waals surface area contributed by atoms with Crippen LogP contribution in [0, 0.1) is 0 Å². The largest absolute Gasteiger partial charge is 0.497 e. The lowest BCUT2D eigenvalue weighted by Crippen LogP contribution is -2.06. The zero-order valence-corrected chi connectivity index (χ0v) is 14.8. The highest BCUT2D eigenvalue weighted by Crippen LogP contribution is 2.26.